The van der Waals surface area contributed by atoms with Gasteiger partial charge in [-0.25, -0.2) is 0 Å². The monoisotopic (exact) mass is 408 g/mol. The van der Waals surface area contributed by atoms with E-state index in [1.807, 2.05) is 24.3 Å². The summed E-state index contributed by atoms with van der Waals surface area (Å²) in [6.45, 7) is 2.50. The highest BCUT2D eigenvalue weighted by molar-refractivity contribution is 6.32. The van der Waals surface area contributed by atoms with Gasteiger partial charge in [0.05, 0.1) is 18.7 Å². The number of nitrogens with zero attached hydrogens (tertiary/aromatic N) is 1. The summed E-state index contributed by atoms with van der Waals surface area (Å²) in [6.07, 6.45) is 3.48. The van der Waals surface area contributed by atoms with Crippen LogP contribution in [0.4, 0.5) is 0 Å². The number of rotatable bonds is 9. The molecule has 0 aliphatic heterocycles. The van der Waals surface area contributed by atoms with Crippen molar-refractivity contribution in [2.45, 2.75) is 13.2 Å². The molecule has 5 nitrogen and oxygen atoms in total. The van der Waals surface area contributed by atoms with E-state index in [-0.39, 0.29) is 24.8 Å². The predicted octanol–water partition coefficient (Wildman–Crippen LogP) is 3.90. The fourth-order valence-corrected chi connectivity index (χ4v) is 2.35. The van der Waals surface area contributed by atoms with Crippen LogP contribution in [0.15, 0.2) is 36.7 Å². The molecule has 0 fully saturated rings. The molecule has 1 heterocycles. The molecule has 140 valence electrons. The van der Waals surface area contributed by atoms with E-state index in [0.29, 0.717) is 36.3 Å². The Labute approximate surface area is 165 Å². The number of nitrogens with one attached hydrogen (secondary N) is 1. The molecule has 1 aromatic carbocycles. The fourth-order valence-electron chi connectivity index (χ4n) is 2.06. The van der Waals surface area contributed by atoms with Gasteiger partial charge >= 0.3 is 0 Å². The minimum absolute atomic E-state index is 0. The molecule has 0 aliphatic carbocycles. The van der Waals surface area contributed by atoms with Crippen LogP contribution in [0.25, 0.3) is 0 Å². The largest absolute Gasteiger partial charge is 0.493 e. The molecule has 0 unspecified atom stereocenters. The van der Waals surface area contributed by atoms with Crippen molar-refractivity contribution < 1.29 is 14.2 Å². The van der Waals surface area contributed by atoms with Gasteiger partial charge in [-0.2, -0.15) is 0 Å². The quantitative estimate of drug-likeness (QED) is 0.637. The molecule has 0 spiro atoms. The molecule has 0 radical (unpaired) electrons. The van der Waals surface area contributed by atoms with Crippen LogP contribution in [0.3, 0.4) is 0 Å². The Bertz CT molecular complexity index is 616. The number of benzene rings is 1. The molecule has 1 N–H and O–H groups in total. The van der Waals surface area contributed by atoms with Crippen molar-refractivity contribution in [3.63, 3.8) is 0 Å². The molecular weight excluding hydrogens is 387 g/mol. The van der Waals surface area contributed by atoms with Crippen LogP contribution in [-0.2, 0) is 17.9 Å². The Hall–Kier alpha value is -1.24. The average molecular weight is 410 g/mol. The maximum atomic E-state index is 6.35. The van der Waals surface area contributed by atoms with E-state index in [2.05, 4.69) is 10.3 Å². The Balaban J connectivity index is 0.00000288. The highest BCUT2D eigenvalue weighted by Crippen LogP contribution is 2.36. The van der Waals surface area contributed by atoms with Gasteiger partial charge in [0.15, 0.2) is 11.5 Å². The molecule has 2 aromatic rings. The van der Waals surface area contributed by atoms with E-state index in [1.165, 1.54) is 0 Å². The summed E-state index contributed by atoms with van der Waals surface area (Å²) in [5.41, 5.74) is 1.99. The van der Waals surface area contributed by atoms with Gasteiger partial charge in [-0.15, -0.1) is 24.8 Å². The van der Waals surface area contributed by atoms with Gasteiger partial charge in [0.2, 0.25) is 0 Å². The number of ether oxygens (including phenoxy) is 3. The minimum Gasteiger partial charge on any atom is -0.493 e. The molecular formula is C17H23Cl3N2O3. The first-order valence-corrected chi connectivity index (χ1v) is 7.70. The van der Waals surface area contributed by atoms with Crippen LogP contribution < -0.4 is 14.8 Å². The van der Waals surface area contributed by atoms with E-state index in [0.717, 1.165) is 17.7 Å². The van der Waals surface area contributed by atoms with Crippen molar-refractivity contribution in [2.24, 2.45) is 0 Å². The van der Waals surface area contributed by atoms with Crippen LogP contribution in [0, 0.1) is 0 Å². The summed E-state index contributed by atoms with van der Waals surface area (Å²) in [7, 11) is 3.28. The van der Waals surface area contributed by atoms with E-state index < -0.39 is 0 Å². The molecule has 2 rings (SSSR count). The van der Waals surface area contributed by atoms with Gasteiger partial charge in [-0.3, -0.25) is 4.98 Å². The van der Waals surface area contributed by atoms with E-state index in [9.17, 15) is 0 Å². The van der Waals surface area contributed by atoms with Crippen molar-refractivity contribution in [1.82, 2.24) is 10.3 Å². The number of hydrogen-bond donors (Lipinski definition) is 1. The molecule has 0 amide bonds. The number of aromatic nitrogens is 1. The van der Waals surface area contributed by atoms with Crippen molar-refractivity contribution in [3.05, 3.63) is 52.8 Å². The van der Waals surface area contributed by atoms with Crippen LogP contribution in [0.2, 0.25) is 5.02 Å². The second-order valence-corrected chi connectivity index (χ2v) is 5.34. The lowest BCUT2D eigenvalue weighted by Crippen LogP contribution is -2.18. The Kier molecular flexibility index (Phi) is 12.4. The lowest BCUT2D eigenvalue weighted by molar-refractivity contribution is 0.199. The second kappa shape index (κ2) is 13.0. The van der Waals surface area contributed by atoms with E-state index >= 15 is 0 Å². The third-order valence-electron chi connectivity index (χ3n) is 3.21. The van der Waals surface area contributed by atoms with Gasteiger partial charge < -0.3 is 19.5 Å². The first kappa shape index (κ1) is 23.8. The number of pyridine rings is 1. The minimum atomic E-state index is 0. The molecule has 1 aromatic heterocycles. The number of hydrogen-bond acceptors (Lipinski definition) is 5. The van der Waals surface area contributed by atoms with Gasteiger partial charge in [0.1, 0.15) is 6.61 Å². The Morgan fingerprint density at radius 2 is 1.96 bits per heavy atom. The van der Waals surface area contributed by atoms with Gasteiger partial charge in [-0.1, -0.05) is 17.7 Å². The highest BCUT2D eigenvalue weighted by Gasteiger charge is 2.12. The zero-order valence-corrected chi connectivity index (χ0v) is 16.5. The summed E-state index contributed by atoms with van der Waals surface area (Å²) in [4.78, 5) is 4.06. The van der Waals surface area contributed by atoms with Crippen molar-refractivity contribution in [3.8, 4) is 11.5 Å². The first-order valence-electron chi connectivity index (χ1n) is 7.32. The van der Waals surface area contributed by atoms with Gasteiger partial charge in [0.25, 0.3) is 0 Å². The predicted molar refractivity (Wildman–Crippen MR) is 105 cm³/mol. The zero-order chi connectivity index (χ0) is 16.5. The first-order chi connectivity index (χ1) is 11.2. The maximum absolute atomic E-state index is 6.35. The lowest BCUT2D eigenvalue weighted by Gasteiger charge is -2.14. The molecule has 0 aliphatic rings. The summed E-state index contributed by atoms with van der Waals surface area (Å²) < 4.78 is 16.2. The van der Waals surface area contributed by atoms with Crippen molar-refractivity contribution >= 4 is 36.4 Å². The van der Waals surface area contributed by atoms with Crippen LogP contribution in [0.1, 0.15) is 11.1 Å². The van der Waals surface area contributed by atoms with Crippen molar-refractivity contribution in [1.29, 1.82) is 0 Å². The third kappa shape index (κ3) is 7.67. The van der Waals surface area contributed by atoms with E-state index in [1.54, 1.807) is 26.6 Å². The molecule has 0 saturated carbocycles. The fraction of sp³-hybridized carbons (Fsp3) is 0.353. The summed E-state index contributed by atoms with van der Waals surface area (Å²) >= 11 is 6.35. The zero-order valence-electron chi connectivity index (χ0n) is 14.2. The molecule has 25 heavy (non-hydrogen) atoms. The average Bonchev–Trinajstić information content (AvgIpc) is 2.58. The molecule has 8 heteroatoms. The lowest BCUT2D eigenvalue weighted by atomic mass is 10.2. The van der Waals surface area contributed by atoms with Crippen LogP contribution >= 0.6 is 36.4 Å². The SMILES string of the molecule is COCCNCc1cc(Cl)c(OCc2cccnc2)c(OC)c1.Cl.Cl. The van der Waals surface area contributed by atoms with Gasteiger partial charge in [0, 0.05) is 38.2 Å². The number of halogens is 3. The summed E-state index contributed by atoms with van der Waals surface area (Å²) in [6, 6.07) is 7.61. The molecule has 0 atom stereocenters. The topological polar surface area (TPSA) is 52.6 Å². The second-order valence-electron chi connectivity index (χ2n) is 4.93. The molecule has 0 saturated heterocycles. The van der Waals surface area contributed by atoms with E-state index in [4.69, 9.17) is 25.8 Å². The summed E-state index contributed by atoms with van der Waals surface area (Å²) in [5, 5.41) is 3.79. The van der Waals surface area contributed by atoms with Gasteiger partial charge in [-0.05, 0) is 23.8 Å². The smallest absolute Gasteiger partial charge is 0.180 e. The maximum Gasteiger partial charge on any atom is 0.180 e. The molecule has 0 bridgehead atoms. The Morgan fingerprint density at radius 3 is 2.60 bits per heavy atom. The highest BCUT2D eigenvalue weighted by atomic mass is 35.5. The van der Waals surface area contributed by atoms with Crippen molar-refractivity contribution in [2.75, 3.05) is 27.4 Å². The standard InChI is InChI=1S/C17H21ClN2O3.2ClH/c1-21-7-6-20-11-14-8-15(18)17(16(9-14)22-2)23-12-13-4-3-5-19-10-13;;/h3-5,8-10,20H,6-7,11-12H2,1-2H3;2*1H. The Morgan fingerprint density at radius 1 is 1.16 bits per heavy atom. The normalized spacial score (nSPS) is 9.72. The number of methoxy groups -OCH3 is 2. The van der Waals surface area contributed by atoms with Crippen LogP contribution in [-0.4, -0.2) is 32.4 Å². The third-order valence-corrected chi connectivity index (χ3v) is 3.49. The van der Waals surface area contributed by atoms with Crippen LogP contribution in [0.5, 0.6) is 11.5 Å². The summed E-state index contributed by atoms with van der Waals surface area (Å²) in [5.74, 6) is 1.16.